The third kappa shape index (κ3) is 4.14. The minimum Gasteiger partial charge on any atom is -0.480 e. The molecule has 0 radical (unpaired) electrons. The largest absolute Gasteiger partial charge is 0.480 e. The third-order valence-electron chi connectivity index (χ3n) is 2.55. The average Bonchev–Trinajstić information content (AvgIpc) is 2.44. The van der Waals surface area contributed by atoms with E-state index in [9.17, 15) is 0 Å². The molecule has 1 aromatic heterocycles. The Morgan fingerprint density at radius 3 is 2.95 bits per heavy atom. The van der Waals surface area contributed by atoms with Gasteiger partial charge in [0.25, 0.3) is 0 Å². The van der Waals surface area contributed by atoms with E-state index in [1.54, 1.807) is 12.3 Å². The lowest BCUT2D eigenvalue weighted by Gasteiger charge is -2.10. The van der Waals surface area contributed by atoms with Crippen molar-refractivity contribution in [2.24, 2.45) is 0 Å². The normalized spacial score (nSPS) is 11.4. The molecule has 4 nitrogen and oxygen atoms in total. The molecular weight excluding hydrogens is 238 g/mol. The molecule has 19 heavy (non-hydrogen) atoms. The maximum atomic E-state index is 9.16. The van der Waals surface area contributed by atoms with Crippen molar-refractivity contribution >= 4 is 5.69 Å². The van der Waals surface area contributed by atoms with Crippen molar-refractivity contribution in [2.45, 2.75) is 20.3 Å². The first kappa shape index (κ1) is 14.8. The maximum absolute atomic E-state index is 9.16. The molecule has 1 heterocycles. The van der Waals surface area contributed by atoms with Gasteiger partial charge in [0.1, 0.15) is 11.6 Å². The Kier molecular flexibility index (Phi) is 6.17. The summed E-state index contributed by atoms with van der Waals surface area (Å²) in [4.78, 5) is 4.02. The van der Waals surface area contributed by atoms with Crippen LogP contribution in [0.1, 0.15) is 25.8 Å². The van der Waals surface area contributed by atoms with Gasteiger partial charge in [-0.05, 0) is 25.0 Å². The van der Waals surface area contributed by atoms with Gasteiger partial charge in [-0.3, -0.25) is 0 Å². The summed E-state index contributed by atoms with van der Waals surface area (Å²) in [6, 6.07) is 3.89. The molecule has 0 atom stereocenters. The van der Waals surface area contributed by atoms with Crippen LogP contribution in [-0.4, -0.2) is 18.6 Å². The van der Waals surface area contributed by atoms with E-state index in [1.165, 1.54) is 12.7 Å². The summed E-state index contributed by atoms with van der Waals surface area (Å²) in [6.07, 6.45) is 8.81. The molecule has 0 unspecified atom stereocenters. The van der Waals surface area contributed by atoms with Crippen LogP contribution in [0.15, 0.2) is 36.1 Å². The van der Waals surface area contributed by atoms with Crippen molar-refractivity contribution < 1.29 is 4.74 Å². The van der Waals surface area contributed by atoms with Crippen LogP contribution in [0.25, 0.3) is 0 Å². The van der Waals surface area contributed by atoms with E-state index in [2.05, 4.69) is 35.4 Å². The monoisotopic (exact) mass is 257 g/mol. The molecule has 0 bridgehead atoms. The van der Waals surface area contributed by atoms with Gasteiger partial charge in [-0.15, -0.1) is 0 Å². The second-order valence-corrected chi connectivity index (χ2v) is 3.90. The van der Waals surface area contributed by atoms with Crippen LogP contribution in [-0.2, 0) is 0 Å². The van der Waals surface area contributed by atoms with Gasteiger partial charge < -0.3 is 10.1 Å². The predicted molar refractivity (Wildman–Crippen MR) is 77.2 cm³/mol. The Morgan fingerprint density at radius 1 is 1.58 bits per heavy atom. The minimum absolute atomic E-state index is 0.347. The van der Waals surface area contributed by atoms with E-state index >= 15 is 0 Å². The quantitative estimate of drug-likeness (QED) is 0.794. The Balaban J connectivity index is 2.89. The zero-order chi connectivity index (χ0) is 14.1. The van der Waals surface area contributed by atoms with Gasteiger partial charge in [0.15, 0.2) is 0 Å². The van der Waals surface area contributed by atoms with Crippen LogP contribution >= 0.6 is 0 Å². The van der Waals surface area contributed by atoms with Crippen molar-refractivity contribution in [1.82, 2.24) is 4.98 Å². The standard InChI is InChI=1S/C15H19N3O/c1-4-6-12(7-5-2)11-18-14-8-9-17-15(19-3)13(14)10-16/h4,6-9H,5,11H2,1-3H3,(H,17,18)/b6-4-,12-7+. The van der Waals surface area contributed by atoms with Gasteiger partial charge in [0, 0.05) is 12.7 Å². The number of hydrogen-bond acceptors (Lipinski definition) is 4. The lowest BCUT2D eigenvalue weighted by molar-refractivity contribution is 0.397. The van der Waals surface area contributed by atoms with E-state index in [0.29, 0.717) is 18.0 Å². The highest BCUT2D eigenvalue weighted by atomic mass is 16.5. The minimum atomic E-state index is 0.347. The number of pyridine rings is 1. The second-order valence-electron chi connectivity index (χ2n) is 3.90. The lowest BCUT2D eigenvalue weighted by Crippen LogP contribution is -2.06. The molecule has 0 spiro atoms. The summed E-state index contributed by atoms with van der Waals surface area (Å²) < 4.78 is 5.08. The summed E-state index contributed by atoms with van der Waals surface area (Å²) in [5.41, 5.74) is 2.35. The maximum Gasteiger partial charge on any atom is 0.233 e. The summed E-state index contributed by atoms with van der Waals surface area (Å²) in [7, 11) is 1.51. The number of methoxy groups -OCH3 is 1. The number of allylic oxidation sites excluding steroid dienone is 2. The van der Waals surface area contributed by atoms with Crippen LogP contribution < -0.4 is 10.1 Å². The molecule has 0 amide bonds. The van der Waals surface area contributed by atoms with Gasteiger partial charge in [-0.25, -0.2) is 4.98 Å². The Morgan fingerprint density at radius 2 is 2.37 bits per heavy atom. The number of nitriles is 1. The first-order valence-corrected chi connectivity index (χ1v) is 6.25. The van der Waals surface area contributed by atoms with Crippen molar-refractivity contribution in [3.05, 3.63) is 41.6 Å². The molecule has 1 N–H and O–H groups in total. The molecule has 0 aromatic carbocycles. The summed E-state index contributed by atoms with van der Waals surface area (Å²) in [5.74, 6) is 0.347. The van der Waals surface area contributed by atoms with Crippen LogP contribution in [0.3, 0.4) is 0 Å². The zero-order valence-electron chi connectivity index (χ0n) is 11.6. The fourth-order valence-corrected chi connectivity index (χ4v) is 1.73. The smallest absolute Gasteiger partial charge is 0.233 e. The molecule has 1 rings (SSSR count). The molecule has 0 fully saturated rings. The fraction of sp³-hybridized carbons (Fsp3) is 0.333. The van der Waals surface area contributed by atoms with Crippen LogP contribution in [0.4, 0.5) is 5.69 Å². The highest BCUT2D eigenvalue weighted by molar-refractivity contribution is 5.61. The van der Waals surface area contributed by atoms with Gasteiger partial charge in [-0.1, -0.05) is 25.2 Å². The topological polar surface area (TPSA) is 57.9 Å². The Labute approximate surface area is 114 Å². The van der Waals surface area contributed by atoms with E-state index in [1.807, 2.05) is 13.0 Å². The van der Waals surface area contributed by atoms with Gasteiger partial charge in [0.05, 0.1) is 12.8 Å². The zero-order valence-corrected chi connectivity index (χ0v) is 11.6. The summed E-state index contributed by atoms with van der Waals surface area (Å²) in [5, 5.41) is 12.4. The number of ether oxygens (including phenoxy) is 1. The van der Waals surface area contributed by atoms with E-state index < -0.39 is 0 Å². The fourth-order valence-electron chi connectivity index (χ4n) is 1.73. The van der Waals surface area contributed by atoms with Crippen molar-refractivity contribution in [3.8, 4) is 11.9 Å². The van der Waals surface area contributed by atoms with Crippen molar-refractivity contribution in [1.29, 1.82) is 5.26 Å². The van der Waals surface area contributed by atoms with Gasteiger partial charge in [-0.2, -0.15) is 5.26 Å². The molecular formula is C15H19N3O. The van der Waals surface area contributed by atoms with Crippen LogP contribution in [0.5, 0.6) is 5.88 Å². The van der Waals surface area contributed by atoms with Gasteiger partial charge >= 0.3 is 0 Å². The highest BCUT2D eigenvalue weighted by Gasteiger charge is 2.09. The highest BCUT2D eigenvalue weighted by Crippen LogP contribution is 2.22. The Hall–Kier alpha value is -2.28. The molecule has 100 valence electrons. The van der Waals surface area contributed by atoms with Crippen LogP contribution in [0.2, 0.25) is 0 Å². The molecule has 0 saturated heterocycles. The molecule has 0 aliphatic heterocycles. The van der Waals surface area contributed by atoms with Crippen LogP contribution in [0, 0.1) is 11.3 Å². The van der Waals surface area contributed by atoms with E-state index in [4.69, 9.17) is 10.00 Å². The molecule has 1 aromatic rings. The second kappa shape index (κ2) is 7.93. The molecule has 4 heteroatoms. The summed E-state index contributed by atoms with van der Waals surface area (Å²) >= 11 is 0. The predicted octanol–water partition coefficient (Wildman–Crippen LogP) is 3.29. The van der Waals surface area contributed by atoms with E-state index in [0.717, 1.165) is 12.1 Å². The average molecular weight is 257 g/mol. The first-order valence-electron chi connectivity index (χ1n) is 6.25. The molecule has 0 aliphatic carbocycles. The molecule has 0 aliphatic rings. The number of hydrogen-bond donors (Lipinski definition) is 1. The van der Waals surface area contributed by atoms with E-state index in [-0.39, 0.29) is 0 Å². The van der Waals surface area contributed by atoms with Crippen molar-refractivity contribution in [3.63, 3.8) is 0 Å². The number of aromatic nitrogens is 1. The summed E-state index contributed by atoms with van der Waals surface area (Å²) in [6.45, 7) is 4.75. The number of rotatable bonds is 6. The number of anilines is 1. The third-order valence-corrected chi connectivity index (χ3v) is 2.55. The number of nitrogens with zero attached hydrogens (tertiary/aromatic N) is 2. The SMILES string of the molecule is C/C=C\C(=C/CC)CNc1ccnc(OC)c1C#N. The first-order chi connectivity index (χ1) is 9.26. The lowest BCUT2D eigenvalue weighted by atomic mass is 10.2. The van der Waals surface area contributed by atoms with Gasteiger partial charge in [0.2, 0.25) is 5.88 Å². The number of nitrogens with one attached hydrogen (secondary N) is 1. The molecule has 0 saturated carbocycles. The Bertz CT molecular complexity index is 513. The van der Waals surface area contributed by atoms with Crippen molar-refractivity contribution in [2.75, 3.05) is 19.0 Å².